The lowest BCUT2D eigenvalue weighted by molar-refractivity contribution is 0.359. The molecule has 0 atom stereocenters. The van der Waals surface area contributed by atoms with Crippen molar-refractivity contribution < 1.29 is 4.74 Å². The maximum atomic E-state index is 5.71. The van der Waals surface area contributed by atoms with Crippen LogP contribution >= 0.6 is 0 Å². The van der Waals surface area contributed by atoms with Gasteiger partial charge in [-0.15, -0.1) is 0 Å². The molecule has 0 fully saturated rings. The minimum absolute atomic E-state index is 0.484. The molecule has 6 nitrogen and oxygen atoms in total. The monoisotopic (exact) mass is 377 g/mol. The first-order chi connectivity index (χ1) is 13.8. The Bertz CT molecular complexity index is 898. The normalized spacial score (nSPS) is 11.4. The third-order valence-corrected chi connectivity index (χ3v) is 4.17. The minimum Gasteiger partial charge on any atom is -0.489 e. The van der Waals surface area contributed by atoms with Crippen LogP contribution in [0.5, 0.6) is 5.75 Å². The number of nitrogens with one attached hydrogen (secondary N) is 2. The molecule has 146 valence electrons. The summed E-state index contributed by atoms with van der Waals surface area (Å²) in [5.41, 5.74) is 3.06. The Labute approximate surface area is 166 Å². The van der Waals surface area contributed by atoms with E-state index in [1.165, 1.54) is 0 Å². The van der Waals surface area contributed by atoms with Gasteiger partial charge in [-0.05, 0) is 25.1 Å². The van der Waals surface area contributed by atoms with Crippen molar-refractivity contribution in [2.45, 2.75) is 19.9 Å². The lowest BCUT2D eigenvalue weighted by Gasteiger charge is -2.12. The first kappa shape index (κ1) is 19.5. The van der Waals surface area contributed by atoms with Crippen LogP contribution in [-0.4, -0.2) is 35.0 Å². The zero-order valence-electron chi connectivity index (χ0n) is 16.3. The smallest absolute Gasteiger partial charge is 0.191 e. The van der Waals surface area contributed by atoms with Gasteiger partial charge >= 0.3 is 0 Å². The van der Waals surface area contributed by atoms with E-state index in [1.54, 1.807) is 6.08 Å². The number of hydrogen-bond acceptors (Lipinski definition) is 3. The zero-order chi connectivity index (χ0) is 19.6. The fourth-order valence-corrected chi connectivity index (χ4v) is 2.85. The summed E-state index contributed by atoms with van der Waals surface area (Å²) in [6.45, 7) is 8.33. The molecule has 3 aromatic rings. The molecule has 0 spiro atoms. The van der Waals surface area contributed by atoms with Gasteiger partial charge in [-0.1, -0.05) is 36.9 Å². The number of para-hydroxylation sites is 1. The number of fused-ring (bicyclic) bond motifs is 1. The van der Waals surface area contributed by atoms with Crippen LogP contribution in [0.1, 0.15) is 18.2 Å². The Morgan fingerprint density at radius 2 is 2.07 bits per heavy atom. The average molecular weight is 377 g/mol. The highest BCUT2D eigenvalue weighted by molar-refractivity contribution is 5.79. The summed E-state index contributed by atoms with van der Waals surface area (Å²) in [6, 6.07) is 14.0. The van der Waals surface area contributed by atoms with E-state index in [-0.39, 0.29) is 0 Å². The molecule has 6 heteroatoms. The number of imidazole rings is 1. The fraction of sp³-hybridized carbons (Fsp3) is 0.273. The molecule has 0 bridgehead atoms. The lowest BCUT2D eigenvalue weighted by atomic mass is 10.2. The number of nitrogens with zero attached hydrogens (tertiary/aromatic N) is 3. The van der Waals surface area contributed by atoms with Gasteiger partial charge in [0.2, 0.25) is 0 Å². The predicted molar refractivity (Wildman–Crippen MR) is 114 cm³/mol. The van der Waals surface area contributed by atoms with Crippen molar-refractivity contribution in [2.75, 3.05) is 19.7 Å². The van der Waals surface area contributed by atoms with Crippen LogP contribution in [-0.2, 0) is 13.0 Å². The average Bonchev–Trinajstić information content (AvgIpc) is 3.14. The topological polar surface area (TPSA) is 63.0 Å². The molecule has 2 heterocycles. The Morgan fingerprint density at radius 3 is 2.89 bits per heavy atom. The predicted octanol–water partition coefficient (Wildman–Crippen LogP) is 3.20. The Morgan fingerprint density at radius 1 is 1.21 bits per heavy atom. The number of benzene rings is 1. The molecule has 0 saturated heterocycles. The summed E-state index contributed by atoms with van der Waals surface area (Å²) >= 11 is 0. The van der Waals surface area contributed by atoms with Gasteiger partial charge in [-0.2, -0.15) is 0 Å². The Balaban J connectivity index is 1.59. The van der Waals surface area contributed by atoms with Gasteiger partial charge in [-0.3, -0.25) is 0 Å². The molecular formula is C22H27N5O. The molecule has 2 N–H and O–H groups in total. The second kappa shape index (κ2) is 10.2. The third-order valence-electron chi connectivity index (χ3n) is 4.17. The molecule has 0 radical (unpaired) electrons. The van der Waals surface area contributed by atoms with Crippen molar-refractivity contribution in [1.82, 2.24) is 20.0 Å². The number of hydrogen-bond donors (Lipinski definition) is 2. The van der Waals surface area contributed by atoms with Crippen LogP contribution < -0.4 is 15.4 Å². The third kappa shape index (κ3) is 5.36. The number of guanidine groups is 1. The van der Waals surface area contributed by atoms with Crippen molar-refractivity contribution >= 4 is 11.6 Å². The highest BCUT2D eigenvalue weighted by Gasteiger charge is 2.04. The van der Waals surface area contributed by atoms with E-state index in [0.717, 1.165) is 48.1 Å². The van der Waals surface area contributed by atoms with Gasteiger partial charge in [0.1, 0.15) is 18.0 Å². The molecule has 3 rings (SSSR count). The quantitative estimate of drug-likeness (QED) is 0.341. The van der Waals surface area contributed by atoms with Gasteiger partial charge in [0.25, 0.3) is 0 Å². The highest BCUT2D eigenvalue weighted by atomic mass is 16.5. The van der Waals surface area contributed by atoms with E-state index < -0.39 is 0 Å². The maximum Gasteiger partial charge on any atom is 0.191 e. The second-order valence-corrected chi connectivity index (χ2v) is 6.28. The Hall–Kier alpha value is -3.28. The van der Waals surface area contributed by atoms with Crippen LogP contribution in [0, 0.1) is 0 Å². The molecule has 0 unspecified atom stereocenters. The van der Waals surface area contributed by atoms with Crippen LogP contribution in [0.3, 0.4) is 0 Å². The van der Waals surface area contributed by atoms with E-state index in [4.69, 9.17) is 4.74 Å². The molecular weight excluding hydrogens is 350 g/mol. The number of aliphatic imine (C=N–C) groups is 1. The minimum atomic E-state index is 0.484. The summed E-state index contributed by atoms with van der Waals surface area (Å²) in [4.78, 5) is 9.32. The summed E-state index contributed by atoms with van der Waals surface area (Å²) < 4.78 is 7.74. The molecule has 0 saturated carbocycles. The molecule has 0 aliphatic heterocycles. The molecule has 28 heavy (non-hydrogen) atoms. The maximum absolute atomic E-state index is 5.71. The van der Waals surface area contributed by atoms with Gasteiger partial charge < -0.3 is 19.8 Å². The SMILES string of the molecule is C=CCOc1ccccc1CN=C(NCC)NCCc1cn2ccccc2n1. The molecule has 0 aliphatic rings. The van der Waals surface area contributed by atoms with E-state index in [9.17, 15) is 0 Å². The number of aromatic nitrogens is 2. The molecule has 0 aliphatic carbocycles. The van der Waals surface area contributed by atoms with E-state index >= 15 is 0 Å². The largest absolute Gasteiger partial charge is 0.489 e. The summed E-state index contributed by atoms with van der Waals surface area (Å²) in [5, 5.41) is 6.66. The first-order valence-corrected chi connectivity index (χ1v) is 9.56. The van der Waals surface area contributed by atoms with Crippen molar-refractivity contribution in [3.63, 3.8) is 0 Å². The van der Waals surface area contributed by atoms with Crippen molar-refractivity contribution in [3.8, 4) is 5.75 Å². The van der Waals surface area contributed by atoms with E-state index in [2.05, 4.69) is 40.3 Å². The van der Waals surface area contributed by atoms with E-state index in [0.29, 0.717) is 13.2 Å². The number of ether oxygens (including phenoxy) is 1. The van der Waals surface area contributed by atoms with Crippen molar-refractivity contribution in [2.24, 2.45) is 4.99 Å². The number of pyridine rings is 1. The van der Waals surface area contributed by atoms with Crippen LogP contribution in [0.4, 0.5) is 0 Å². The van der Waals surface area contributed by atoms with Crippen LogP contribution in [0.25, 0.3) is 5.65 Å². The highest BCUT2D eigenvalue weighted by Crippen LogP contribution is 2.18. The summed E-state index contributed by atoms with van der Waals surface area (Å²) in [6.07, 6.45) is 6.64. The Kier molecular flexibility index (Phi) is 7.07. The molecule has 0 amide bonds. The van der Waals surface area contributed by atoms with Gasteiger partial charge in [0.15, 0.2) is 5.96 Å². The van der Waals surface area contributed by atoms with Gasteiger partial charge in [-0.25, -0.2) is 9.98 Å². The van der Waals surface area contributed by atoms with Crippen LogP contribution in [0.2, 0.25) is 0 Å². The lowest BCUT2D eigenvalue weighted by Crippen LogP contribution is -2.38. The van der Waals surface area contributed by atoms with E-state index in [1.807, 2.05) is 53.1 Å². The zero-order valence-corrected chi connectivity index (χ0v) is 16.3. The summed E-state index contributed by atoms with van der Waals surface area (Å²) in [7, 11) is 0. The summed E-state index contributed by atoms with van der Waals surface area (Å²) in [5.74, 6) is 1.62. The van der Waals surface area contributed by atoms with Crippen LogP contribution in [0.15, 0.2) is 72.5 Å². The molecule has 2 aromatic heterocycles. The first-order valence-electron chi connectivity index (χ1n) is 9.56. The standard InChI is InChI=1S/C22H27N5O/c1-3-15-28-20-10-6-5-9-18(20)16-25-22(23-4-2)24-13-12-19-17-27-14-8-7-11-21(27)26-19/h3,5-11,14,17H,1,4,12-13,15-16H2,2H3,(H2,23,24,25). The number of rotatable bonds is 9. The second-order valence-electron chi connectivity index (χ2n) is 6.28. The fourth-order valence-electron chi connectivity index (χ4n) is 2.85. The van der Waals surface area contributed by atoms with Gasteiger partial charge in [0, 0.05) is 37.5 Å². The van der Waals surface area contributed by atoms with Crippen molar-refractivity contribution in [3.05, 3.63) is 78.8 Å². The van der Waals surface area contributed by atoms with Crippen molar-refractivity contribution in [1.29, 1.82) is 0 Å². The van der Waals surface area contributed by atoms with Gasteiger partial charge in [0.05, 0.1) is 12.2 Å². The molecule has 1 aromatic carbocycles.